The number of imide groups is 1. The largest absolute Gasteiger partial charge is 0.494 e. The number of anilines is 6. The fourth-order valence-corrected chi connectivity index (χ4v) is 8.08. The second-order valence-electron chi connectivity index (χ2n) is 15.6. The number of carbonyl (C=O) groups is 4. The minimum absolute atomic E-state index is 0.0225. The molecule has 3 fully saturated rings. The number of pyridine rings is 2. The average Bonchev–Trinajstić information content (AvgIpc) is 3.73. The first-order chi connectivity index (χ1) is 30.5. The molecule has 0 radical (unpaired) electrons. The second kappa shape index (κ2) is 18.9. The van der Waals surface area contributed by atoms with Crippen LogP contribution in [0.1, 0.15) is 59.2 Å². The van der Waals surface area contributed by atoms with Crippen molar-refractivity contribution in [2.75, 3.05) is 61.2 Å². The molecule has 1 atom stereocenters. The van der Waals surface area contributed by atoms with Crippen LogP contribution in [0, 0.1) is 5.82 Å². The number of benzene rings is 2. The molecule has 0 aliphatic carbocycles. The maximum absolute atomic E-state index is 15.2. The molecule has 3 aliphatic rings. The number of hydrogen-bond donors (Lipinski definition) is 5. The van der Waals surface area contributed by atoms with Gasteiger partial charge in [0.1, 0.15) is 29.8 Å². The molecule has 19 heteroatoms. The van der Waals surface area contributed by atoms with Crippen molar-refractivity contribution in [3.05, 3.63) is 90.3 Å². The van der Waals surface area contributed by atoms with Gasteiger partial charge < -0.3 is 40.5 Å². The van der Waals surface area contributed by atoms with Crippen molar-refractivity contribution in [3.63, 3.8) is 0 Å². The second-order valence-corrected chi connectivity index (χ2v) is 15.6. The Morgan fingerprint density at radius 1 is 0.857 bits per heavy atom. The summed E-state index contributed by atoms with van der Waals surface area (Å²) in [6, 6.07) is 14.9. The van der Waals surface area contributed by atoms with Crippen LogP contribution in [-0.4, -0.2) is 112 Å². The molecular formula is C44H49FN12O6. The van der Waals surface area contributed by atoms with E-state index in [4.69, 9.17) is 9.47 Å². The Labute approximate surface area is 363 Å². The monoisotopic (exact) mass is 860 g/mol. The third-order valence-electron chi connectivity index (χ3n) is 11.4. The van der Waals surface area contributed by atoms with Crippen molar-refractivity contribution in [2.45, 2.75) is 56.8 Å². The maximum atomic E-state index is 15.2. The van der Waals surface area contributed by atoms with Crippen LogP contribution in [0.2, 0.25) is 0 Å². The van der Waals surface area contributed by atoms with Gasteiger partial charge in [-0.2, -0.15) is 5.10 Å². The lowest BCUT2D eigenvalue weighted by atomic mass is 10.0. The summed E-state index contributed by atoms with van der Waals surface area (Å²) < 4.78 is 29.1. The Balaban J connectivity index is 0.821. The molecule has 5 N–H and O–H groups in total. The van der Waals surface area contributed by atoms with Gasteiger partial charge in [0, 0.05) is 70.8 Å². The van der Waals surface area contributed by atoms with E-state index >= 15 is 4.39 Å². The molecule has 3 saturated heterocycles. The van der Waals surface area contributed by atoms with Gasteiger partial charge in [0.25, 0.3) is 11.8 Å². The van der Waals surface area contributed by atoms with Crippen LogP contribution < -0.4 is 36.2 Å². The van der Waals surface area contributed by atoms with Crippen LogP contribution in [0.15, 0.2) is 73.3 Å². The highest BCUT2D eigenvalue weighted by Gasteiger charge is 2.30. The number of methoxy groups -OCH3 is 1. The fourth-order valence-electron chi connectivity index (χ4n) is 8.08. The Morgan fingerprint density at radius 2 is 1.62 bits per heavy atom. The molecule has 4 amide bonds. The molecule has 1 unspecified atom stereocenters. The average molecular weight is 861 g/mol. The summed E-state index contributed by atoms with van der Waals surface area (Å²) in [4.78, 5) is 67.1. The van der Waals surface area contributed by atoms with E-state index in [0.29, 0.717) is 108 Å². The van der Waals surface area contributed by atoms with E-state index in [-0.39, 0.29) is 42.2 Å². The number of ether oxygens (including phenoxy) is 2. The number of hydrogen-bond acceptors (Lipinski definition) is 14. The highest BCUT2D eigenvalue weighted by Crippen LogP contribution is 2.38. The van der Waals surface area contributed by atoms with Crippen LogP contribution in [0.25, 0.3) is 11.4 Å². The molecule has 3 aromatic heterocycles. The zero-order valence-corrected chi connectivity index (χ0v) is 35.2. The van der Waals surface area contributed by atoms with Crippen LogP contribution in [0.4, 0.5) is 38.8 Å². The number of piperidine rings is 3. The predicted molar refractivity (Wildman–Crippen MR) is 233 cm³/mol. The van der Waals surface area contributed by atoms with Crippen molar-refractivity contribution >= 4 is 58.0 Å². The number of carbonyl (C=O) groups excluding carboxylic acids is 4. The Bertz CT molecular complexity index is 2480. The molecule has 0 bridgehead atoms. The van der Waals surface area contributed by atoms with E-state index in [0.717, 1.165) is 12.8 Å². The maximum Gasteiger partial charge on any atom is 0.255 e. The van der Waals surface area contributed by atoms with Gasteiger partial charge in [-0.15, -0.1) is 0 Å². The molecule has 6 heterocycles. The standard InChI is InChI=1S/C44H49FN12O6/c1-46-42(59)31-24-48-38(22-35(31)51-33-6-4-5-30(40(33)62-3)41-49-25-55(2)54-41)52-37-11-7-26(23-47-37)44(61)57-19-15-29(16-20-57)63-28-13-17-56(18-14-28)36-10-8-27(21-32(36)45)50-34-9-12-39(58)53-43(34)60/h4-8,10-11,21-25,28-29,34,50H,9,12-20H2,1-3H3,(H,46,59)(H,53,58,60)(H2,47,48,51,52). The molecular weight excluding hydrogens is 812 g/mol. The predicted octanol–water partition coefficient (Wildman–Crippen LogP) is 4.77. The number of nitrogens with zero attached hydrogens (tertiary/aromatic N) is 7. The Morgan fingerprint density at radius 3 is 2.29 bits per heavy atom. The van der Waals surface area contributed by atoms with Gasteiger partial charge in [0.05, 0.1) is 53.1 Å². The molecule has 63 heavy (non-hydrogen) atoms. The minimum Gasteiger partial charge on any atom is -0.494 e. The SMILES string of the molecule is CNC(=O)c1cnc(Nc2ccc(C(=O)N3CCC(OC4CCN(c5ccc(NC6CCC(=O)NC6=O)cc5F)CC4)CC3)cn2)cc1Nc1cccc(-c2ncn(C)n2)c1OC. The van der Waals surface area contributed by atoms with Crippen molar-refractivity contribution in [1.29, 1.82) is 0 Å². The number of amides is 4. The summed E-state index contributed by atoms with van der Waals surface area (Å²) >= 11 is 0. The van der Waals surface area contributed by atoms with E-state index in [1.165, 1.54) is 18.5 Å². The first kappa shape index (κ1) is 42.5. The van der Waals surface area contributed by atoms with Crippen LogP contribution in [0.5, 0.6) is 5.75 Å². The van der Waals surface area contributed by atoms with Gasteiger partial charge in [0.15, 0.2) is 11.6 Å². The first-order valence-corrected chi connectivity index (χ1v) is 20.9. The van der Waals surface area contributed by atoms with Crippen molar-refractivity contribution in [1.82, 2.24) is 40.3 Å². The first-order valence-electron chi connectivity index (χ1n) is 20.9. The summed E-state index contributed by atoms with van der Waals surface area (Å²) in [5, 5.41) is 18.9. The molecule has 3 aliphatic heterocycles. The van der Waals surface area contributed by atoms with Crippen molar-refractivity contribution in [3.8, 4) is 17.1 Å². The topological polar surface area (TPSA) is 210 Å². The van der Waals surface area contributed by atoms with Crippen LogP contribution >= 0.6 is 0 Å². The van der Waals surface area contributed by atoms with Crippen LogP contribution in [0.3, 0.4) is 0 Å². The number of aromatic nitrogens is 5. The van der Waals surface area contributed by atoms with Gasteiger partial charge >= 0.3 is 0 Å². The van der Waals surface area contributed by atoms with Gasteiger partial charge in [0.2, 0.25) is 11.8 Å². The van der Waals surface area contributed by atoms with Gasteiger partial charge in [-0.3, -0.25) is 29.2 Å². The van der Waals surface area contributed by atoms with E-state index in [9.17, 15) is 19.2 Å². The summed E-state index contributed by atoms with van der Waals surface area (Å²) in [5.41, 5.74) is 3.47. The van der Waals surface area contributed by atoms with Crippen molar-refractivity contribution < 1.29 is 33.0 Å². The lowest BCUT2D eigenvalue weighted by Crippen LogP contribution is -2.47. The quantitative estimate of drug-likeness (QED) is 0.101. The number of aryl methyl sites for hydroxylation is 1. The minimum atomic E-state index is -0.581. The molecule has 0 saturated carbocycles. The highest BCUT2D eigenvalue weighted by molar-refractivity contribution is 6.02. The summed E-state index contributed by atoms with van der Waals surface area (Å²) in [6.45, 7) is 2.38. The van der Waals surface area contributed by atoms with Gasteiger partial charge in [-0.25, -0.2) is 19.3 Å². The molecule has 328 valence electrons. The number of rotatable bonds is 13. The normalized spacial score (nSPS) is 17.2. The van der Waals surface area contributed by atoms with E-state index < -0.39 is 11.9 Å². The van der Waals surface area contributed by atoms with Gasteiger partial charge in [-0.05, 0) is 74.6 Å². The summed E-state index contributed by atoms with van der Waals surface area (Å²) in [7, 11) is 4.88. The zero-order chi connectivity index (χ0) is 44.0. The van der Waals surface area contributed by atoms with Crippen molar-refractivity contribution in [2.24, 2.45) is 7.05 Å². The lowest BCUT2D eigenvalue weighted by Gasteiger charge is -2.38. The number of para-hydroxylation sites is 1. The number of nitrogens with one attached hydrogen (secondary N) is 5. The Hall–Kier alpha value is -7.15. The molecule has 2 aromatic carbocycles. The third-order valence-corrected chi connectivity index (χ3v) is 11.4. The number of halogens is 1. The lowest BCUT2D eigenvalue weighted by molar-refractivity contribution is -0.133. The smallest absolute Gasteiger partial charge is 0.255 e. The Kier molecular flexibility index (Phi) is 12.7. The highest BCUT2D eigenvalue weighted by atomic mass is 19.1. The van der Waals surface area contributed by atoms with E-state index in [1.807, 2.05) is 28.0 Å². The van der Waals surface area contributed by atoms with Gasteiger partial charge in [-0.1, -0.05) is 6.07 Å². The molecule has 0 spiro atoms. The van der Waals surface area contributed by atoms with E-state index in [1.54, 1.807) is 62.5 Å². The molecule has 8 rings (SSSR count). The molecule has 5 aromatic rings. The zero-order valence-electron chi connectivity index (χ0n) is 35.2. The fraction of sp³-hybridized carbons (Fsp3) is 0.364. The number of likely N-dealkylation sites (tertiary alicyclic amines) is 1. The molecule has 18 nitrogen and oxygen atoms in total. The van der Waals surface area contributed by atoms with E-state index in [2.05, 4.69) is 46.6 Å². The summed E-state index contributed by atoms with van der Waals surface area (Å²) in [5.74, 6) is 0.326. The third kappa shape index (κ3) is 9.83. The summed E-state index contributed by atoms with van der Waals surface area (Å²) in [6.07, 6.45) is 8.18. The van der Waals surface area contributed by atoms with Crippen LogP contribution in [-0.2, 0) is 21.4 Å².